The van der Waals surface area contributed by atoms with Crippen LogP contribution in [0.3, 0.4) is 0 Å². The van der Waals surface area contributed by atoms with E-state index >= 15 is 0 Å². The van der Waals surface area contributed by atoms with Gasteiger partial charge in [0, 0.05) is 26.1 Å². The lowest BCUT2D eigenvalue weighted by Crippen LogP contribution is -2.35. The topological polar surface area (TPSA) is 52.6 Å². The first-order valence-corrected chi connectivity index (χ1v) is 8.95. The van der Waals surface area contributed by atoms with Crippen molar-refractivity contribution in [2.24, 2.45) is 0 Å². The van der Waals surface area contributed by atoms with E-state index < -0.39 is 0 Å². The molecule has 0 bridgehead atoms. The third-order valence-electron chi connectivity index (χ3n) is 3.87. The van der Waals surface area contributed by atoms with E-state index in [1.807, 2.05) is 19.1 Å². The van der Waals surface area contributed by atoms with Crippen LogP contribution >= 0.6 is 0 Å². The molecular formula is C18H36N2O2. The number of hydrogen-bond donors (Lipinski definition) is 2. The van der Waals surface area contributed by atoms with Crippen molar-refractivity contribution in [2.45, 2.75) is 65.2 Å². The Morgan fingerprint density at radius 3 is 2.27 bits per heavy atom. The fraction of sp³-hybridized carbons (Fsp3) is 0.833. The molecule has 0 aromatic heterocycles. The van der Waals surface area contributed by atoms with Crippen LogP contribution in [0.2, 0.25) is 0 Å². The SMILES string of the molecule is C/C=C/CC(=O)NCCN(CC)CCCCCCCCCO. The molecule has 0 unspecified atom stereocenters. The lowest BCUT2D eigenvalue weighted by Gasteiger charge is -2.20. The van der Waals surface area contributed by atoms with Crippen LogP contribution in [0, 0.1) is 0 Å². The molecule has 22 heavy (non-hydrogen) atoms. The molecule has 0 saturated heterocycles. The van der Waals surface area contributed by atoms with Gasteiger partial charge in [-0.25, -0.2) is 0 Å². The maximum Gasteiger partial charge on any atom is 0.223 e. The second-order valence-corrected chi connectivity index (χ2v) is 5.76. The number of nitrogens with zero attached hydrogens (tertiary/aromatic N) is 1. The summed E-state index contributed by atoms with van der Waals surface area (Å²) < 4.78 is 0. The molecule has 0 heterocycles. The largest absolute Gasteiger partial charge is 0.396 e. The molecule has 1 amide bonds. The second-order valence-electron chi connectivity index (χ2n) is 5.76. The summed E-state index contributed by atoms with van der Waals surface area (Å²) in [6.07, 6.45) is 12.7. The summed E-state index contributed by atoms with van der Waals surface area (Å²) in [5, 5.41) is 11.7. The van der Waals surface area contributed by atoms with Crippen molar-refractivity contribution in [1.82, 2.24) is 10.2 Å². The quantitative estimate of drug-likeness (QED) is 0.361. The van der Waals surface area contributed by atoms with Gasteiger partial charge in [-0.15, -0.1) is 0 Å². The molecule has 4 nitrogen and oxygen atoms in total. The van der Waals surface area contributed by atoms with Crippen molar-refractivity contribution in [3.63, 3.8) is 0 Å². The van der Waals surface area contributed by atoms with E-state index in [0.29, 0.717) is 13.0 Å². The van der Waals surface area contributed by atoms with Crippen molar-refractivity contribution in [3.05, 3.63) is 12.2 Å². The van der Waals surface area contributed by atoms with Crippen LogP contribution in [0.25, 0.3) is 0 Å². The number of unbranched alkanes of at least 4 members (excludes halogenated alkanes) is 6. The molecule has 0 aromatic rings. The summed E-state index contributed by atoms with van der Waals surface area (Å²) in [6.45, 7) is 8.28. The van der Waals surface area contributed by atoms with Gasteiger partial charge in [0.2, 0.25) is 5.91 Å². The molecule has 0 aromatic carbocycles. The number of hydrogen-bond acceptors (Lipinski definition) is 3. The Balaban J connectivity index is 3.48. The summed E-state index contributed by atoms with van der Waals surface area (Å²) in [7, 11) is 0. The molecule has 0 spiro atoms. The Labute approximate surface area is 137 Å². The fourth-order valence-electron chi connectivity index (χ4n) is 2.41. The number of carbonyl (C=O) groups excluding carboxylic acids is 1. The van der Waals surface area contributed by atoms with Gasteiger partial charge in [0.05, 0.1) is 0 Å². The van der Waals surface area contributed by atoms with Crippen LogP contribution in [-0.2, 0) is 4.79 Å². The number of rotatable bonds is 15. The highest BCUT2D eigenvalue weighted by Crippen LogP contribution is 2.07. The molecule has 2 N–H and O–H groups in total. The van der Waals surface area contributed by atoms with Gasteiger partial charge in [-0.1, -0.05) is 51.2 Å². The normalized spacial score (nSPS) is 11.5. The first kappa shape index (κ1) is 21.1. The molecule has 0 radical (unpaired) electrons. The zero-order valence-electron chi connectivity index (χ0n) is 14.6. The predicted molar refractivity (Wildman–Crippen MR) is 94.0 cm³/mol. The molecule has 0 aliphatic heterocycles. The van der Waals surface area contributed by atoms with Crippen LogP contribution in [0.1, 0.15) is 65.2 Å². The van der Waals surface area contributed by atoms with Gasteiger partial charge in [0.25, 0.3) is 0 Å². The summed E-state index contributed by atoms with van der Waals surface area (Å²) >= 11 is 0. The zero-order valence-corrected chi connectivity index (χ0v) is 14.6. The Morgan fingerprint density at radius 2 is 1.68 bits per heavy atom. The van der Waals surface area contributed by atoms with E-state index in [1.54, 1.807) is 0 Å². The molecule has 0 fully saturated rings. The molecule has 0 aliphatic rings. The van der Waals surface area contributed by atoms with E-state index in [1.165, 1.54) is 32.1 Å². The number of aliphatic hydroxyl groups is 1. The number of likely N-dealkylation sites (N-methyl/N-ethyl adjacent to an activating group) is 1. The highest BCUT2D eigenvalue weighted by atomic mass is 16.2. The highest BCUT2D eigenvalue weighted by molar-refractivity contribution is 5.77. The summed E-state index contributed by atoms with van der Waals surface area (Å²) in [6, 6.07) is 0. The third-order valence-corrected chi connectivity index (χ3v) is 3.87. The summed E-state index contributed by atoms with van der Waals surface area (Å²) in [5.74, 6) is 0.108. The van der Waals surface area contributed by atoms with Crippen LogP contribution in [-0.4, -0.2) is 48.7 Å². The van der Waals surface area contributed by atoms with E-state index in [9.17, 15) is 4.79 Å². The summed E-state index contributed by atoms with van der Waals surface area (Å²) in [5.41, 5.74) is 0. The van der Waals surface area contributed by atoms with E-state index in [-0.39, 0.29) is 5.91 Å². The first-order chi connectivity index (χ1) is 10.7. The smallest absolute Gasteiger partial charge is 0.223 e. The van der Waals surface area contributed by atoms with Crippen LogP contribution < -0.4 is 5.32 Å². The van der Waals surface area contributed by atoms with Crippen LogP contribution in [0.4, 0.5) is 0 Å². The molecule has 0 saturated carbocycles. The van der Waals surface area contributed by atoms with Gasteiger partial charge in [-0.3, -0.25) is 4.79 Å². The number of amides is 1. The standard InChI is InChI=1S/C18H36N2O2/c1-3-5-13-18(22)19-14-16-20(4-2)15-11-9-7-6-8-10-12-17-21/h3,5,21H,4,6-17H2,1-2H3,(H,19,22)/b5-3+. The maximum absolute atomic E-state index is 11.5. The Morgan fingerprint density at radius 1 is 1.05 bits per heavy atom. The van der Waals surface area contributed by atoms with Gasteiger partial charge >= 0.3 is 0 Å². The van der Waals surface area contributed by atoms with Crippen molar-refractivity contribution in [2.75, 3.05) is 32.8 Å². The molecular weight excluding hydrogens is 276 g/mol. The minimum absolute atomic E-state index is 0.108. The van der Waals surface area contributed by atoms with Gasteiger partial charge in [0.1, 0.15) is 0 Å². The van der Waals surface area contributed by atoms with Crippen molar-refractivity contribution in [1.29, 1.82) is 0 Å². The van der Waals surface area contributed by atoms with Crippen molar-refractivity contribution in [3.8, 4) is 0 Å². The minimum atomic E-state index is 0.108. The summed E-state index contributed by atoms with van der Waals surface area (Å²) in [4.78, 5) is 13.9. The number of nitrogens with one attached hydrogen (secondary N) is 1. The molecule has 0 rings (SSSR count). The highest BCUT2D eigenvalue weighted by Gasteiger charge is 2.03. The second kappa shape index (κ2) is 16.5. The maximum atomic E-state index is 11.5. The van der Waals surface area contributed by atoms with E-state index in [4.69, 9.17) is 5.11 Å². The number of allylic oxidation sites excluding steroid dienone is 1. The number of aliphatic hydroxyl groups excluding tert-OH is 1. The predicted octanol–water partition coefficient (Wildman–Crippen LogP) is 3.11. The fourth-order valence-corrected chi connectivity index (χ4v) is 2.41. The van der Waals surface area contributed by atoms with Gasteiger partial charge in [0.15, 0.2) is 0 Å². The third kappa shape index (κ3) is 14.1. The van der Waals surface area contributed by atoms with Crippen LogP contribution in [0.15, 0.2) is 12.2 Å². The molecule has 130 valence electrons. The van der Waals surface area contributed by atoms with Crippen molar-refractivity contribution >= 4 is 5.91 Å². The lowest BCUT2D eigenvalue weighted by molar-refractivity contribution is -0.120. The Hall–Kier alpha value is -0.870. The Bertz CT molecular complexity index is 280. The Kier molecular flexibility index (Phi) is 15.8. The lowest BCUT2D eigenvalue weighted by atomic mass is 10.1. The van der Waals surface area contributed by atoms with E-state index in [2.05, 4.69) is 17.1 Å². The first-order valence-electron chi connectivity index (χ1n) is 8.95. The molecule has 0 aliphatic carbocycles. The van der Waals surface area contributed by atoms with Crippen molar-refractivity contribution < 1.29 is 9.90 Å². The van der Waals surface area contributed by atoms with Crippen LogP contribution in [0.5, 0.6) is 0 Å². The minimum Gasteiger partial charge on any atom is -0.396 e. The average molecular weight is 312 g/mol. The van der Waals surface area contributed by atoms with Gasteiger partial charge in [-0.05, 0) is 32.9 Å². The monoisotopic (exact) mass is 312 g/mol. The van der Waals surface area contributed by atoms with E-state index in [0.717, 1.165) is 39.0 Å². The average Bonchev–Trinajstić information content (AvgIpc) is 2.53. The van der Waals surface area contributed by atoms with Gasteiger partial charge in [-0.2, -0.15) is 0 Å². The zero-order chi connectivity index (χ0) is 16.5. The molecule has 4 heteroatoms. The van der Waals surface area contributed by atoms with Gasteiger partial charge < -0.3 is 15.3 Å². The molecule has 0 atom stereocenters. The number of carbonyl (C=O) groups is 1.